The molecule has 1 unspecified atom stereocenters. The lowest BCUT2D eigenvalue weighted by Gasteiger charge is -2.42. The maximum atomic E-state index is 13.6. The van der Waals surface area contributed by atoms with E-state index in [0.717, 1.165) is 25.5 Å². The number of nitrogens with two attached hydrogens (primary N) is 1. The van der Waals surface area contributed by atoms with Gasteiger partial charge in [-0.05, 0) is 36.5 Å². The summed E-state index contributed by atoms with van der Waals surface area (Å²) in [4.78, 5) is 17.5. The third-order valence-corrected chi connectivity index (χ3v) is 9.40. The number of carbonyl (C=O) groups excluding carboxylic acids is 1. The first-order chi connectivity index (χ1) is 16.8. The van der Waals surface area contributed by atoms with Gasteiger partial charge in [0.25, 0.3) is 0 Å². The molecule has 3 heterocycles. The summed E-state index contributed by atoms with van der Waals surface area (Å²) in [6.45, 7) is 6.22. The van der Waals surface area contributed by atoms with Crippen LogP contribution in [-0.2, 0) is 10.5 Å². The molecular weight excluding hydrogens is 495 g/mol. The van der Waals surface area contributed by atoms with Crippen LogP contribution in [0.15, 0.2) is 69.5 Å². The minimum absolute atomic E-state index is 0.0701. The van der Waals surface area contributed by atoms with E-state index in [4.69, 9.17) is 5.73 Å². The number of benzene rings is 1. The highest BCUT2D eigenvalue weighted by Crippen LogP contribution is 2.51. The van der Waals surface area contributed by atoms with Crippen molar-refractivity contribution in [1.29, 1.82) is 5.26 Å². The number of aromatic nitrogens is 2. The van der Waals surface area contributed by atoms with Crippen molar-refractivity contribution in [1.82, 2.24) is 10.2 Å². The number of anilines is 1. The van der Waals surface area contributed by atoms with Gasteiger partial charge in [0.15, 0.2) is 10.1 Å². The number of nitriles is 1. The number of nitrogens with zero attached hydrogens (tertiary/aromatic N) is 4. The number of rotatable bonds is 5. The van der Waals surface area contributed by atoms with Crippen LogP contribution in [0.5, 0.6) is 0 Å². The SMILES string of the molecule is Cc1ccc(C2C(C#N)=C(N)N(c3nnc(SCc4ccccc4)s3)C3=C2C(=O)CC(C)(C)C3)s1. The summed E-state index contributed by atoms with van der Waals surface area (Å²) in [6.07, 6.45) is 1.11. The predicted octanol–water partition coefficient (Wildman–Crippen LogP) is 6.14. The highest BCUT2D eigenvalue weighted by Gasteiger charge is 2.45. The average molecular weight is 520 g/mol. The molecule has 1 aliphatic carbocycles. The van der Waals surface area contributed by atoms with Crippen molar-refractivity contribution < 1.29 is 4.79 Å². The highest BCUT2D eigenvalue weighted by atomic mass is 32.2. The summed E-state index contributed by atoms with van der Waals surface area (Å²) in [7, 11) is 0. The molecule has 1 atom stereocenters. The maximum absolute atomic E-state index is 13.6. The van der Waals surface area contributed by atoms with Gasteiger partial charge < -0.3 is 5.73 Å². The first-order valence-electron chi connectivity index (χ1n) is 11.3. The molecule has 3 aromatic rings. The zero-order valence-electron chi connectivity index (χ0n) is 19.7. The number of hydrogen-bond donors (Lipinski definition) is 1. The maximum Gasteiger partial charge on any atom is 0.219 e. The molecule has 2 aromatic heterocycles. The van der Waals surface area contributed by atoms with Gasteiger partial charge in [0.2, 0.25) is 5.13 Å². The van der Waals surface area contributed by atoms with Crippen LogP contribution in [0.1, 0.15) is 47.9 Å². The van der Waals surface area contributed by atoms with Crippen molar-refractivity contribution in [3.63, 3.8) is 0 Å². The quantitative estimate of drug-likeness (QED) is 0.404. The van der Waals surface area contributed by atoms with Crippen LogP contribution in [0.3, 0.4) is 0 Å². The highest BCUT2D eigenvalue weighted by molar-refractivity contribution is 8.00. The third-order valence-electron chi connectivity index (χ3n) is 6.22. The topological polar surface area (TPSA) is 95.9 Å². The van der Waals surface area contributed by atoms with Crippen molar-refractivity contribution in [2.45, 2.75) is 49.6 Å². The van der Waals surface area contributed by atoms with E-state index in [2.05, 4.69) is 42.2 Å². The van der Waals surface area contributed by atoms with Gasteiger partial charge in [-0.3, -0.25) is 9.69 Å². The van der Waals surface area contributed by atoms with Crippen molar-refractivity contribution in [2.75, 3.05) is 4.90 Å². The average Bonchev–Trinajstić information content (AvgIpc) is 3.46. The van der Waals surface area contributed by atoms with Crippen molar-refractivity contribution in [3.05, 3.63) is 80.4 Å². The summed E-state index contributed by atoms with van der Waals surface area (Å²) in [6, 6.07) is 16.6. The molecule has 0 saturated carbocycles. The number of carbonyl (C=O) groups is 1. The number of hydrogen-bond acceptors (Lipinski definition) is 9. The Labute approximate surface area is 217 Å². The lowest BCUT2D eigenvalue weighted by Crippen LogP contribution is -2.42. The van der Waals surface area contributed by atoms with Crippen LogP contribution in [0.2, 0.25) is 0 Å². The van der Waals surface area contributed by atoms with Crippen molar-refractivity contribution >= 4 is 45.4 Å². The van der Waals surface area contributed by atoms with E-state index in [1.54, 1.807) is 23.1 Å². The molecule has 178 valence electrons. The van der Waals surface area contributed by atoms with Crippen LogP contribution < -0.4 is 10.6 Å². The van der Waals surface area contributed by atoms with Gasteiger partial charge in [-0.1, -0.05) is 67.3 Å². The Bertz CT molecular complexity index is 1390. The first kappa shape index (κ1) is 23.8. The lowest BCUT2D eigenvalue weighted by molar-refractivity contribution is -0.118. The largest absolute Gasteiger partial charge is 0.384 e. The number of thioether (sulfide) groups is 1. The predicted molar refractivity (Wildman–Crippen MR) is 142 cm³/mol. The lowest BCUT2D eigenvalue weighted by atomic mass is 9.70. The minimum atomic E-state index is -0.437. The molecule has 2 N–H and O–H groups in total. The fourth-order valence-electron chi connectivity index (χ4n) is 4.69. The van der Waals surface area contributed by atoms with Crippen LogP contribution in [-0.4, -0.2) is 16.0 Å². The smallest absolute Gasteiger partial charge is 0.219 e. The molecule has 1 aliphatic heterocycles. The second-order valence-corrected chi connectivity index (χ2v) is 13.1. The van der Waals surface area contributed by atoms with Crippen LogP contribution in [0.25, 0.3) is 0 Å². The van der Waals surface area contributed by atoms with E-state index in [0.29, 0.717) is 34.9 Å². The van der Waals surface area contributed by atoms with Gasteiger partial charge in [0, 0.05) is 33.2 Å². The molecule has 0 amide bonds. The molecule has 35 heavy (non-hydrogen) atoms. The van der Waals surface area contributed by atoms with Crippen LogP contribution in [0, 0.1) is 23.7 Å². The molecule has 5 rings (SSSR count). The molecular formula is C26H25N5OS3. The third kappa shape index (κ3) is 4.54. The molecule has 0 radical (unpaired) electrons. The first-order valence-corrected chi connectivity index (χ1v) is 13.9. The molecule has 0 fully saturated rings. The Morgan fingerprint density at radius 2 is 1.94 bits per heavy atom. The Kier molecular flexibility index (Phi) is 6.30. The van der Waals surface area contributed by atoms with Gasteiger partial charge in [-0.2, -0.15) is 5.26 Å². The number of thiophene rings is 1. The Morgan fingerprint density at radius 1 is 1.17 bits per heavy atom. The van der Waals surface area contributed by atoms with Gasteiger partial charge in [-0.25, -0.2) is 0 Å². The van der Waals surface area contributed by atoms with E-state index in [1.165, 1.54) is 16.9 Å². The van der Waals surface area contributed by atoms with Gasteiger partial charge >= 0.3 is 0 Å². The molecule has 9 heteroatoms. The second-order valence-electron chi connectivity index (χ2n) is 9.55. The van der Waals surface area contributed by atoms with Crippen molar-refractivity contribution in [3.8, 4) is 6.07 Å². The molecule has 0 saturated heterocycles. The monoisotopic (exact) mass is 519 g/mol. The summed E-state index contributed by atoms with van der Waals surface area (Å²) in [5, 5.41) is 19.6. The number of aryl methyl sites for hydroxylation is 1. The molecule has 0 spiro atoms. The second kappa shape index (κ2) is 9.26. The number of allylic oxidation sites excluding steroid dienone is 3. The summed E-state index contributed by atoms with van der Waals surface area (Å²) < 4.78 is 0.815. The molecule has 6 nitrogen and oxygen atoms in total. The van der Waals surface area contributed by atoms with Gasteiger partial charge in [0.1, 0.15) is 5.82 Å². The van der Waals surface area contributed by atoms with Crippen LogP contribution in [0.4, 0.5) is 5.13 Å². The molecule has 1 aromatic carbocycles. The standard InChI is InChI=1S/C26H25N5OS3/c1-15-9-10-20(34-15)21-17(13-27)23(28)31(18-11-26(2,3)12-19(32)22(18)21)24-29-30-25(35-24)33-14-16-7-5-4-6-8-16/h4-10,21H,11-12,14,28H2,1-3H3. The van der Waals surface area contributed by atoms with E-state index in [1.807, 2.05) is 42.2 Å². The van der Waals surface area contributed by atoms with Gasteiger partial charge in [-0.15, -0.1) is 21.5 Å². The fraction of sp³-hybridized carbons (Fsp3) is 0.308. The zero-order valence-corrected chi connectivity index (χ0v) is 22.2. The molecule has 0 bridgehead atoms. The van der Waals surface area contributed by atoms with Crippen LogP contribution >= 0.6 is 34.4 Å². The number of Topliss-reactive ketones (excluding diaryl/α,β-unsaturated/α-hetero) is 1. The Hall–Kier alpha value is -2.93. The Morgan fingerprint density at radius 3 is 2.63 bits per heavy atom. The van der Waals surface area contributed by atoms with E-state index < -0.39 is 5.92 Å². The molecule has 2 aliphatic rings. The minimum Gasteiger partial charge on any atom is -0.384 e. The van der Waals surface area contributed by atoms with E-state index >= 15 is 0 Å². The zero-order chi connectivity index (χ0) is 24.7. The fourth-order valence-corrected chi connectivity index (χ4v) is 7.52. The van der Waals surface area contributed by atoms with E-state index in [9.17, 15) is 10.1 Å². The summed E-state index contributed by atoms with van der Waals surface area (Å²) >= 11 is 4.65. The normalized spacial score (nSPS) is 19.7. The summed E-state index contributed by atoms with van der Waals surface area (Å²) in [5.74, 6) is 0.751. The number of ketones is 1. The van der Waals surface area contributed by atoms with Crippen molar-refractivity contribution in [2.24, 2.45) is 11.1 Å². The van der Waals surface area contributed by atoms with E-state index in [-0.39, 0.29) is 11.2 Å². The Balaban J connectivity index is 1.57. The summed E-state index contributed by atoms with van der Waals surface area (Å²) in [5.41, 5.74) is 9.59. The van der Waals surface area contributed by atoms with Gasteiger partial charge in [0.05, 0.1) is 17.6 Å².